The van der Waals surface area contributed by atoms with Gasteiger partial charge in [-0.3, -0.25) is 13.6 Å². The normalized spacial score (nSPS) is 11.6. The predicted molar refractivity (Wildman–Crippen MR) is 84.0 cm³/mol. The lowest BCUT2D eigenvalue weighted by Gasteiger charge is -2.06. The van der Waals surface area contributed by atoms with E-state index in [0.717, 1.165) is 10.8 Å². The molecule has 2 aromatic carbocycles. The highest BCUT2D eigenvalue weighted by atomic mass is 19.2. The fraction of sp³-hybridized carbons (Fsp3) is 0. The van der Waals surface area contributed by atoms with E-state index < -0.39 is 7.27 Å². The molecule has 0 N–H and O–H groups in total. The van der Waals surface area contributed by atoms with Crippen LogP contribution < -0.4 is 0 Å². The third-order valence-electron chi connectivity index (χ3n) is 3.34. The molecule has 21 heavy (non-hydrogen) atoms. The van der Waals surface area contributed by atoms with Crippen molar-refractivity contribution < 1.29 is 8.63 Å². The number of hydrogen-bond donors (Lipinski definition) is 0. The van der Waals surface area contributed by atoms with E-state index in [1.165, 1.54) is 6.08 Å². The minimum absolute atomic E-state index is 0.0144. The van der Waals surface area contributed by atoms with Crippen LogP contribution in [0.5, 0.6) is 0 Å². The fourth-order valence-electron chi connectivity index (χ4n) is 2.31. The van der Waals surface area contributed by atoms with Crippen LogP contribution >= 0.6 is 0 Å². The smallest absolute Gasteiger partial charge is 0.281 e. The second kappa shape index (κ2) is 5.88. The van der Waals surface area contributed by atoms with Gasteiger partial charge in [0.05, 0.1) is 5.69 Å². The molecule has 0 aliphatic rings. The van der Waals surface area contributed by atoms with E-state index in [0.29, 0.717) is 11.3 Å². The van der Waals surface area contributed by atoms with Gasteiger partial charge < -0.3 is 0 Å². The molecule has 0 saturated carbocycles. The molecule has 0 aliphatic carbocycles. The van der Waals surface area contributed by atoms with Gasteiger partial charge in [0.15, 0.2) is 0 Å². The van der Waals surface area contributed by atoms with Crippen LogP contribution in [0.25, 0.3) is 22.3 Å². The largest absolute Gasteiger partial charge is 0.572 e. The second-order valence-electron chi connectivity index (χ2n) is 4.68. The van der Waals surface area contributed by atoms with Gasteiger partial charge in [-0.15, -0.1) is 0 Å². The molecule has 4 heteroatoms. The first-order chi connectivity index (χ1) is 10.3. The van der Waals surface area contributed by atoms with Crippen molar-refractivity contribution in [2.75, 3.05) is 0 Å². The highest BCUT2D eigenvalue weighted by Gasteiger charge is 2.21. The molecule has 0 saturated heterocycles. The zero-order chi connectivity index (χ0) is 14.7. The fourth-order valence-corrected chi connectivity index (χ4v) is 2.31. The highest BCUT2D eigenvalue weighted by molar-refractivity contribution is 6.68. The van der Waals surface area contributed by atoms with Crippen LogP contribution in [-0.4, -0.2) is 12.3 Å². The summed E-state index contributed by atoms with van der Waals surface area (Å²) in [6.07, 6.45) is 3.12. The molecular weight excluding hydrogens is 267 g/mol. The number of fused-ring (bicyclic) bond motifs is 1. The van der Waals surface area contributed by atoms with Crippen LogP contribution in [0, 0.1) is 0 Å². The molecule has 3 aromatic rings. The number of benzene rings is 2. The van der Waals surface area contributed by atoms with E-state index in [1.807, 2.05) is 36.4 Å². The zero-order valence-corrected chi connectivity index (χ0v) is 11.2. The predicted octanol–water partition coefficient (Wildman–Crippen LogP) is 4.74. The first kappa shape index (κ1) is 13.5. The molecular formula is C17H12BF2N. The van der Waals surface area contributed by atoms with E-state index >= 15 is 0 Å². The summed E-state index contributed by atoms with van der Waals surface area (Å²) in [5, 5.41) is 1.86. The van der Waals surface area contributed by atoms with Crippen molar-refractivity contribution in [1.29, 1.82) is 0 Å². The Labute approximate surface area is 122 Å². The van der Waals surface area contributed by atoms with Gasteiger partial charge in [-0.05, 0) is 23.1 Å². The minimum atomic E-state index is -2.55. The molecule has 0 bridgehead atoms. The molecule has 0 aliphatic heterocycles. The number of aromatic nitrogens is 1. The SMILES string of the molecule is FB(F)/C(=C/c1nccc2ccccc12)c1ccccc1. The van der Waals surface area contributed by atoms with E-state index in [9.17, 15) is 8.63 Å². The highest BCUT2D eigenvalue weighted by Crippen LogP contribution is 2.25. The van der Waals surface area contributed by atoms with Crippen LogP contribution in [0.2, 0.25) is 0 Å². The van der Waals surface area contributed by atoms with Crippen molar-refractivity contribution in [3.05, 3.63) is 78.1 Å². The molecule has 102 valence electrons. The van der Waals surface area contributed by atoms with Crippen LogP contribution in [0.15, 0.2) is 66.9 Å². The van der Waals surface area contributed by atoms with Crippen molar-refractivity contribution in [3.8, 4) is 0 Å². The van der Waals surface area contributed by atoms with Crippen molar-refractivity contribution in [2.24, 2.45) is 0 Å². The maximum atomic E-state index is 13.4. The van der Waals surface area contributed by atoms with Gasteiger partial charge in [0, 0.05) is 17.1 Å². The lowest BCUT2D eigenvalue weighted by Crippen LogP contribution is -2.02. The lowest BCUT2D eigenvalue weighted by atomic mass is 9.79. The van der Waals surface area contributed by atoms with Crippen LogP contribution in [-0.2, 0) is 0 Å². The van der Waals surface area contributed by atoms with E-state index in [-0.39, 0.29) is 5.47 Å². The monoisotopic (exact) mass is 279 g/mol. The van der Waals surface area contributed by atoms with Gasteiger partial charge in [-0.2, -0.15) is 0 Å². The second-order valence-corrected chi connectivity index (χ2v) is 4.68. The molecule has 1 heterocycles. The average Bonchev–Trinajstić information content (AvgIpc) is 2.53. The van der Waals surface area contributed by atoms with Crippen molar-refractivity contribution in [2.45, 2.75) is 0 Å². The summed E-state index contributed by atoms with van der Waals surface area (Å²) in [4.78, 5) is 4.24. The summed E-state index contributed by atoms with van der Waals surface area (Å²) < 4.78 is 26.7. The van der Waals surface area contributed by atoms with Crippen molar-refractivity contribution in [3.63, 3.8) is 0 Å². The number of hydrogen-bond acceptors (Lipinski definition) is 1. The Morgan fingerprint density at radius 2 is 1.62 bits per heavy atom. The number of halogens is 2. The molecule has 0 unspecified atom stereocenters. The standard InChI is InChI=1S/C17H12BF2N/c19-18(20)16(14-7-2-1-3-8-14)12-17-15-9-5-4-6-13(15)10-11-21-17/h1-12H/b16-12+. The Morgan fingerprint density at radius 3 is 2.38 bits per heavy atom. The molecule has 1 aromatic heterocycles. The van der Waals surface area contributed by atoms with E-state index in [2.05, 4.69) is 4.98 Å². The zero-order valence-electron chi connectivity index (χ0n) is 11.2. The summed E-state index contributed by atoms with van der Waals surface area (Å²) in [5.41, 5.74) is 1.06. The summed E-state index contributed by atoms with van der Waals surface area (Å²) >= 11 is 0. The van der Waals surface area contributed by atoms with Crippen LogP contribution in [0.1, 0.15) is 11.3 Å². The summed E-state index contributed by atoms with van der Waals surface area (Å²) in [6.45, 7) is 0. The number of pyridine rings is 1. The van der Waals surface area contributed by atoms with Gasteiger partial charge in [0.2, 0.25) is 0 Å². The first-order valence-corrected chi connectivity index (χ1v) is 6.64. The molecule has 3 rings (SSSR count). The quantitative estimate of drug-likeness (QED) is 0.631. The van der Waals surface area contributed by atoms with Crippen molar-refractivity contribution >= 4 is 29.6 Å². The van der Waals surface area contributed by atoms with Gasteiger partial charge in [0.1, 0.15) is 0 Å². The van der Waals surface area contributed by atoms with Crippen LogP contribution in [0.3, 0.4) is 0 Å². The molecule has 0 radical (unpaired) electrons. The molecule has 0 spiro atoms. The third-order valence-corrected chi connectivity index (χ3v) is 3.34. The maximum Gasteiger partial charge on any atom is 0.572 e. The van der Waals surface area contributed by atoms with E-state index in [1.54, 1.807) is 30.5 Å². The van der Waals surface area contributed by atoms with Gasteiger partial charge in [-0.1, -0.05) is 54.6 Å². The van der Waals surface area contributed by atoms with Gasteiger partial charge >= 0.3 is 7.27 Å². The first-order valence-electron chi connectivity index (χ1n) is 6.64. The van der Waals surface area contributed by atoms with E-state index in [4.69, 9.17) is 0 Å². The molecule has 0 atom stereocenters. The Bertz CT molecular complexity index is 780. The van der Waals surface area contributed by atoms with Gasteiger partial charge in [0.25, 0.3) is 0 Å². The minimum Gasteiger partial charge on any atom is -0.281 e. The topological polar surface area (TPSA) is 12.9 Å². The maximum absolute atomic E-state index is 13.4. The summed E-state index contributed by atoms with van der Waals surface area (Å²) in [7, 11) is -2.55. The summed E-state index contributed by atoms with van der Waals surface area (Å²) in [6, 6.07) is 18.2. The summed E-state index contributed by atoms with van der Waals surface area (Å²) in [5.74, 6) is 0. The Balaban J connectivity index is 2.17. The molecule has 1 nitrogen and oxygen atoms in total. The lowest BCUT2D eigenvalue weighted by molar-refractivity contribution is 0.687. The number of rotatable bonds is 3. The third kappa shape index (κ3) is 2.84. The number of nitrogens with zero attached hydrogens (tertiary/aromatic N) is 1. The average molecular weight is 279 g/mol. The van der Waals surface area contributed by atoms with Crippen LogP contribution in [0.4, 0.5) is 8.63 Å². The Kier molecular flexibility index (Phi) is 3.78. The van der Waals surface area contributed by atoms with Gasteiger partial charge in [-0.25, -0.2) is 0 Å². The Morgan fingerprint density at radius 1 is 0.905 bits per heavy atom. The molecule has 0 fully saturated rings. The van der Waals surface area contributed by atoms with Crippen molar-refractivity contribution in [1.82, 2.24) is 4.98 Å². The molecule has 0 amide bonds. The Hall–Kier alpha value is -2.49.